The van der Waals surface area contributed by atoms with Gasteiger partial charge in [0.05, 0.1) is 6.04 Å². The van der Waals surface area contributed by atoms with Crippen molar-refractivity contribution in [3.8, 4) is 0 Å². The molecule has 1 aliphatic heterocycles. The summed E-state index contributed by atoms with van der Waals surface area (Å²) in [7, 11) is 0. The number of benzene rings is 2. The molecule has 3 rings (SSSR count). The summed E-state index contributed by atoms with van der Waals surface area (Å²) in [5.74, 6) is -1.97. The van der Waals surface area contributed by atoms with Gasteiger partial charge in [0.15, 0.2) is 0 Å². The number of nitrogens with one attached hydrogen (secondary N) is 1. The van der Waals surface area contributed by atoms with Crippen molar-refractivity contribution in [2.75, 3.05) is 6.54 Å². The normalized spacial score (nSPS) is 14.5. The van der Waals surface area contributed by atoms with Gasteiger partial charge in [-0.15, -0.1) is 0 Å². The SMILES string of the molecule is C[C@H](NC(=O)CN1Cc2ccccc2C1=O)c1cc(F)cc(F)c1. The zero-order valence-corrected chi connectivity index (χ0v) is 13.1. The fourth-order valence-electron chi connectivity index (χ4n) is 2.81. The highest BCUT2D eigenvalue weighted by Crippen LogP contribution is 2.22. The van der Waals surface area contributed by atoms with Gasteiger partial charge in [0.25, 0.3) is 5.91 Å². The third-order valence-corrected chi connectivity index (χ3v) is 3.99. The van der Waals surface area contributed by atoms with E-state index in [-0.39, 0.29) is 18.4 Å². The summed E-state index contributed by atoms with van der Waals surface area (Å²) in [4.78, 5) is 25.8. The van der Waals surface area contributed by atoms with E-state index in [1.165, 1.54) is 17.0 Å². The van der Waals surface area contributed by atoms with Gasteiger partial charge >= 0.3 is 0 Å². The third kappa shape index (κ3) is 3.27. The van der Waals surface area contributed by atoms with Gasteiger partial charge in [-0.2, -0.15) is 0 Å². The topological polar surface area (TPSA) is 49.4 Å². The van der Waals surface area contributed by atoms with Gasteiger partial charge in [-0.05, 0) is 36.2 Å². The van der Waals surface area contributed by atoms with E-state index >= 15 is 0 Å². The molecule has 0 fully saturated rings. The van der Waals surface area contributed by atoms with Gasteiger partial charge in [0, 0.05) is 18.2 Å². The summed E-state index contributed by atoms with van der Waals surface area (Å²) in [5, 5.41) is 2.66. The minimum atomic E-state index is -0.698. The summed E-state index contributed by atoms with van der Waals surface area (Å²) in [6.45, 7) is 1.91. The van der Waals surface area contributed by atoms with Crippen LogP contribution in [0.2, 0.25) is 0 Å². The molecule has 0 spiro atoms. The van der Waals surface area contributed by atoms with Crippen molar-refractivity contribution in [3.63, 3.8) is 0 Å². The minimum absolute atomic E-state index is 0.102. The van der Waals surface area contributed by atoms with Crippen molar-refractivity contribution in [3.05, 3.63) is 70.8 Å². The Kier molecular flexibility index (Phi) is 4.29. The average Bonchev–Trinajstić information content (AvgIpc) is 2.83. The van der Waals surface area contributed by atoms with Crippen molar-refractivity contribution in [2.45, 2.75) is 19.5 Å². The zero-order chi connectivity index (χ0) is 17.3. The lowest BCUT2D eigenvalue weighted by Gasteiger charge is -2.19. The predicted molar refractivity (Wildman–Crippen MR) is 84.1 cm³/mol. The van der Waals surface area contributed by atoms with Crippen LogP contribution in [0.5, 0.6) is 0 Å². The Balaban J connectivity index is 1.63. The van der Waals surface area contributed by atoms with Crippen LogP contribution in [0.3, 0.4) is 0 Å². The summed E-state index contributed by atoms with van der Waals surface area (Å²) < 4.78 is 26.5. The zero-order valence-electron chi connectivity index (χ0n) is 13.1. The van der Waals surface area contributed by atoms with Crippen LogP contribution in [0.25, 0.3) is 0 Å². The highest BCUT2D eigenvalue weighted by atomic mass is 19.1. The second-order valence-corrected chi connectivity index (χ2v) is 5.81. The first-order chi connectivity index (χ1) is 11.4. The Morgan fingerprint density at radius 2 is 1.88 bits per heavy atom. The number of carbonyl (C=O) groups excluding carboxylic acids is 2. The number of carbonyl (C=O) groups is 2. The molecule has 1 atom stereocenters. The van der Waals surface area contributed by atoms with Crippen LogP contribution in [-0.2, 0) is 11.3 Å². The van der Waals surface area contributed by atoms with Gasteiger partial charge in [-0.25, -0.2) is 8.78 Å². The molecule has 6 heteroatoms. The van der Waals surface area contributed by atoms with Crippen LogP contribution < -0.4 is 5.32 Å². The maximum Gasteiger partial charge on any atom is 0.254 e. The maximum absolute atomic E-state index is 13.3. The summed E-state index contributed by atoms with van der Waals surface area (Å²) in [6, 6.07) is 9.75. The number of amides is 2. The fourth-order valence-corrected chi connectivity index (χ4v) is 2.81. The molecule has 0 saturated carbocycles. The number of nitrogens with zero attached hydrogens (tertiary/aromatic N) is 1. The van der Waals surface area contributed by atoms with Gasteiger partial charge in [0.1, 0.15) is 18.2 Å². The molecule has 2 aromatic rings. The molecule has 0 bridgehead atoms. The van der Waals surface area contributed by atoms with Crippen molar-refractivity contribution in [1.82, 2.24) is 10.2 Å². The monoisotopic (exact) mass is 330 g/mol. The van der Waals surface area contributed by atoms with E-state index in [4.69, 9.17) is 0 Å². The number of hydrogen-bond acceptors (Lipinski definition) is 2. The summed E-state index contributed by atoms with van der Waals surface area (Å²) >= 11 is 0. The van der Waals surface area contributed by atoms with E-state index in [1.54, 1.807) is 19.1 Å². The fraction of sp³-hybridized carbons (Fsp3) is 0.222. The van der Waals surface area contributed by atoms with Crippen LogP contribution in [0.4, 0.5) is 8.78 Å². The quantitative estimate of drug-likeness (QED) is 0.937. The van der Waals surface area contributed by atoms with Crippen LogP contribution in [0.1, 0.15) is 34.5 Å². The van der Waals surface area contributed by atoms with Crippen molar-refractivity contribution >= 4 is 11.8 Å². The van der Waals surface area contributed by atoms with Gasteiger partial charge < -0.3 is 10.2 Å². The van der Waals surface area contributed by atoms with Gasteiger partial charge in [-0.1, -0.05) is 18.2 Å². The molecule has 2 aromatic carbocycles. The minimum Gasteiger partial charge on any atom is -0.348 e. The Hall–Kier alpha value is -2.76. The average molecular weight is 330 g/mol. The standard InChI is InChI=1S/C18H16F2N2O2/c1-11(13-6-14(19)8-15(20)7-13)21-17(23)10-22-9-12-4-2-3-5-16(12)18(22)24/h2-8,11H,9-10H2,1H3,(H,21,23)/t11-/m0/s1. The molecular formula is C18H16F2N2O2. The lowest BCUT2D eigenvalue weighted by Crippen LogP contribution is -2.38. The van der Waals surface area contributed by atoms with Crippen LogP contribution in [0.15, 0.2) is 42.5 Å². The second kappa shape index (κ2) is 6.39. The number of halogens is 2. The molecule has 2 amide bonds. The van der Waals surface area contributed by atoms with E-state index in [0.29, 0.717) is 17.7 Å². The molecular weight excluding hydrogens is 314 g/mol. The molecule has 0 aliphatic carbocycles. The maximum atomic E-state index is 13.3. The molecule has 0 radical (unpaired) electrons. The van der Waals surface area contributed by atoms with Crippen LogP contribution in [0, 0.1) is 11.6 Å². The lowest BCUT2D eigenvalue weighted by atomic mass is 10.1. The van der Waals surface area contributed by atoms with Gasteiger partial charge in [-0.3, -0.25) is 9.59 Å². The lowest BCUT2D eigenvalue weighted by molar-refractivity contribution is -0.122. The highest BCUT2D eigenvalue weighted by molar-refractivity contribution is 6.00. The molecule has 0 aromatic heterocycles. The Bertz CT molecular complexity index is 787. The first-order valence-electron chi connectivity index (χ1n) is 7.56. The van der Waals surface area contributed by atoms with E-state index in [9.17, 15) is 18.4 Å². The molecule has 1 aliphatic rings. The smallest absolute Gasteiger partial charge is 0.254 e. The first-order valence-corrected chi connectivity index (χ1v) is 7.56. The highest BCUT2D eigenvalue weighted by Gasteiger charge is 2.28. The molecule has 0 saturated heterocycles. The van der Waals surface area contributed by atoms with E-state index in [0.717, 1.165) is 11.6 Å². The molecule has 24 heavy (non-hydrogen) atoms. The first kappa shape index (κ1) is 16.1. The number of fused-ring (bicyclic) bond motifs is 1. The predicted octanol–water partition coefficient (Wildman–Crippen LogP) is 2.80. The second-order valence-electron chi connectivity index (χ2n) is 5.81. The number of hydrogen-bond donors (Lipinski definition) is 1. The van der Waals surface area contributed by atoms with Crippen LogP contribution in [-0.4, -0.2) is 23.3 Å². The van der Waals surface area contributed by atoms with E-state index < -0.39 is 17.7 Å². The van der Waals surface area contributed by atoms with Crippen molar-refractivity contribution in [2.24, 2.45) is 0 Å². The largest absolute Gasteiger partial charge is 0.348 e. The molecule has 4 nitrogen and oxygen atoms in total. The summed E-state index contributed by atoms with van der Waals surface area (Å²) in [6.07, 6.45) is 0. The van der Waals surface area contributed by atoms with Crippen molar-refractivity contribution < 1.29 is 18.4 Å². The van der Waals surface area contributed by atoms with Crippen molar-refractivity contribution in [1.29, 1.82) is 0 Å². The Morgan fingerprint density at radius 1 is 1.21 bits per heavy atom. The molecule has 1 heterocycles. The van der Waals surface area contributed by atoms with Gasteiger partial charge in [0.2, 0.25) is 5.91 Å². The van der Waals surface area contributed by atoms with Crippen LogP contribution >= 0.6 is 0 Å². The van der Waals surface area contributed by atoms with E-state index in [2.05, 4.69) is 5.32 Å². The third-order valence-electron chi connectivity index (χ3n) is 3.99. The Labute approximate surface area is 138 Å². The number of rotatable bonds is 4. The Morgan fingerprint density at radius 3 is 2.54 bits per heavy atom. The molecule has 124 valence electrons. The molecule has 1 N–H and O–H groups in total. The summed E-state index contributed by atoms with van der Waals surface area (Å²) in [5.41, 5.74) is 1.82. The molecule has 0 unspecified atom stereocenters. The van der Waals surface area contributed by atoms with E-state index in [1.807, 2.05) is 12.1 Å².